The summed E-state index contributed by atoms with van der Waals surface area (Å²) in [7, 11) is -2.72. The molecule has 3 aromatic rings. The number of sulfonamides is 1. The average molecular weight is 535 g/mol. The van der Waals surface area contributed by atoms with Crippen molar-refractivity contribution in [3.05, 3.63) is 68.8 Å². The Hall–Kier alpha value is -3.38. The summed E-state index contributed by atoms with van der Waals surface area (Å²) in [5.41, 5.74) is 1.99. The summed E-state index contributed by atoms with van der Waals surface area (Å²) in [5, 5.41) is 10.3. The van der Waals surface area contributed by atoms with Crippen LogP contribution in [0.2, 0.25) is 0 Å². The molecule has 1 aromatic heterocycles. The topological polar surface area (TPSA) is 134 Å². The van der Waals surface area contributed by atoms with Crippen LogP contribution in [0.1, 0.15) is 23.9 Å². The van der Waals surface area contributed by atoms with Crippen LogP contribution in [-0.2, 0) is 21.3 Å². The van der Waals surface area contributed by atoms with Gasteiger partial charge in [-0.15, -0.1) is 0 Å². The maximum atomic E-state index is 12.7. The molecule has 12 heteroatoms. The first-order valence-electron chi connectivity index (χ1n) is 9.68. The van der Waals surface area contributed by atoms with E-state index in [-0.39, 0.29) is 32.8 Å². The Labute approximate surface area is 199 Å². The largest absolute Gasteiger partial charge is 0.502 e. The summed E-state index contributed by atoms with van der Waals surface area (Å²) in [5.74, 6) is -0.301. The van der Waals surface area contributed by atoms with Crippen LogP contribution in [0.3, 0.4) is 0 Å². The first kappa shape index (κ1) is 24.3. The third-order valence-electron chi connectivity index (χ3n) is 4.44. The SMILES string of the molecule is CCc1cc(C)nc(NS(=O)(=O)c2ccc(N=Cc3cc(Br)cc([N+](=O)OC)c3O)cc2)n1. The Balaban J connectivity index is 1.82. The number of nitrogens with zero attached hydrogens (tertiary/aromatic N) is 4. The maximum Gasteiger partial charge on any atom is 0.359 e. The van der Waals surface area contributed by atoms with Gasteiger partial charge in [-0.3, -0.25) is 4.99 Å². The van der Waals surface area contributed by atoms with E-state index in [9.17, 15) is 18.4 Å². The van der Waals surface area contributed by atoms with Gasteiger partial charge in [0.05, 0.1) is 15.5 Å². The van der Waals surface area contributed by atoms with Crippen LogP contribution in [0.15, 0.2) is 56.8 Å². The molecule has 0 atom stereocenters. The number of phenols is 1. The molecule has 0 aliphatic carbocycles. The van der Waals surface area contributed by atoms with E-state index in [4.69, 9.17) is 0 Å². The average Bonchev–Trinajstić information content (AvgIpc) is 2.78. The Morgan fingerprint density at radius 3 is 2.55 bits per heavy atom. The van der Waals surface area contributed by atoms with Crippen LogP contribution in [0.25, 0.3) is 0 Å². The van der Waals surface area contributed by atoms with Gasteiger partial charge in [0.15, 0.2) is 7.11 Å². The first-order valence-corrected chi connectivity index (χ1v) is 12.0. The molecule has 0 spiro atoms. The van der Waals surface area contributed by atoms with Crippen LogP contribution < -0.4 is 4.72 Å². The molecule has 172 valence electrons. The number of nitrogens with one attached hydrogen (secondary N) is 1. The zero-order valence-electron chi connectivity index (χ0n) is 18.0. The highest BCUT2D eigenvalue weighted by atomic mass is 79.9. The van der Waals surface area contributed by atoms with Gasteiger partial charge in [-0.05, 0) is 49.7 Å². The minimum absolute atomic E-state index is 0.0124. The van der Waals surface area contributed by atoms with E-state index in [1.165, 1.54) is 43.7 Å². The van der Waals surface area contributed by atoms with Crippen molar-refractivity contribution in [2.75, 3.05) is 11.8 Å². The number of aromatic hydroxyl groups is 1. The van der Waals surface area contributed by atoms with Gasteiger partial charge in [-0.2, -0.15) is 0 Å². The van der Waals surface area contributed by atoms with Crippen molar-refractivity contribution in [3.63, 3.8) is 0 Å². The fourth-order valence-corrected chi connectivity index (χ4v) is 4.24. The molecule has 0 bridgehead atoms. The standard InChI is InChI=1S/C21H20BrN5O5S/c1-4-16-9-13(2)24-21(25-16)26-33(30,31)18-7-5-17(6-8-18)23-12-14-10-15(22)11-19(20(14)28)27(29)32-3/h5-12H,4H2,1-3H3,(H-,23,24,25,26,28,29)/p+1. The van der Waals surface area contributed by atoms with Gasteiger partial charge in [0.2, 0.25) is 11.7 Å². The Bertz CT molecular complexity index is 1330. The number of anilines is 1. The smallest absolute Gasteiger partial charge is 0.359 e. The second-order valence-electron chi connectivity index (χ2n) is 6.84. The third-order valence-corrected chi connectivity index (χ3v) is 6.24. The Kier molecular flexibility index (Phi) is 7.39. The number of hydrogen-bond donors (Lipinski definition) is 2. The fourth-order valence-electron chi connectivity index (χ4n) is 2.84. The molecule has 1 heterocycles. The molecule has 0 unspecified atom stereocenters. The summed E-state index contributed by atoms with van der Waals surface area (Å²) < 4.78 is 28.3. The molecule has 0 aliphatic heterocycles. The number of rotatable bonds is 8. The lowest BCUT2D eigenvalue weighted by molar-refractivity contribution is -0.737. The molecule has 0 saturated heterocycles. The highest BCUT2D eigenvalue weighted by Crippen LogP contribution is 2.33. The van der Waals surface area contributed by atoms with E-state index in [1.54, 1.807) is 19.1 Å². The van der Waals surface area contributed by atoms with Crippen molar-refractivity contribution in [2.24, 2.45) is 4.99 Å². The number of halogens is 1. The lowest BCUT2D eigenvalue weighted by Gasteiger charge is -2.08. The zero-order valence-corrected chi connectivity index (χ0v) is 20.4. The second kappa shape index (κ2) is 10.0. The zero-order chi connectivity index (χ0) is 24.2. The fraction of sp³-hybridized carbons (Fsp3) is 0.190. The molecule has 2 N–H and O–H groups in total. The van der Waals surface area contributed by atoms with Crippen LogP contribution in [-0.4, -0.2) is 41.7 Å². The van der Waals surface area contributed by atoms with E-state index in [1.807, 2.05) is 6.92 Å². The maximum absolute atomic E-state index is 12.7. The number of aryl methyl sites for hydroxylation is 2. The van der Waals surface area contributed by atoms with E-state index < -0.39 is 10.0 Å². The van der Waals surface area contributed by atoms with Crippen LogP contribution in [0, 0.1) is 11.8 Å². The van der Waals surface area contributed by atoms with Gasteiger partial charge in [-0.1, -0.05) is 22.9 Å². The molecule has 2 aromatic carbocycles. The van der Waals surface area contributed by atoms with Crippen molar-refractivity contribution in [1.29, 1.82) is 0 Å². The minimum atomic E-state index is -3.90. The molecule has 10 nitrogen and oxygen atoms in total. The van der Waals surface area contributed by atoms with Crippen molar-refractivity contribution >= 4 is 49.5 Å². The van der Waals surface area contributed by atoms with Gasteiger partial charge in [0, 0.05) is 33.7 Å². The summed E-state index contributed by atoms with van der Waals surface area (Å²) in [4.78, 5) is 29.1. The van der Waals surface area contributed by atoms with Crippen molar-refractivity contribution in [3.8, 4) is 5.75 Å². The number of benzene rings is 2. The normalized spacial score (nSPS) is 11.5. The van der Waals surface area contributed by atoms with Crippen molar-refractivity contribution in [2.45, 2.75) is 25.2 Å². The van der Waals surface area contributed by atoms with Crippen LogP contribution >= 0.6 is 15.9 Å². The summed E-state index contributed by atoms with van der Waals surface area (Å²) in [6.07, 6.45) is 2.00. The van der Waals surface area contributed by atoms with Gasteiger partial charge >= 0.3 is 5.69 Å². The predicted molar refractivity (Wildman–Crippen MR) is 127 cm³/mol. The van der Waals surface area contributed by atoms with E-state index >= 15 is 0 Å². The third kappa shape index (κ3) is 5.90. The number of phenolic OH excluding ortho intramolecular Hbond substituents is 1. The molecule has 3 rings (SSSR count). The molecule has 0 radical (unpaired) electrons. The van der Waals surface area contributed by atoms with Gasteiger partial charge in [0.25, 0.3) is 14.9 Å². The molecule has 0 saturated carbocycles. The minimum Gasteiger partial charge on any atom is -0.502 e. The van der Waals surface area contributed by atoms with E-state index in [2.05, 4.69) is 40.4 Å². The summed E-state index contributed by atoms with van der Waals surface area (Å²) in [6, 6.07) is 10.6. The van der Waals surface area contributed by atoms with Gasteiger partial charge < -0.3 is 5.11 Å². The molecule has 0 aliphatic rings. The Morgan fingerprint density at radius 2 is 1.91 bits per heavy atom. The molecular weight excluding hydrogens is 514 g/mol. The van der Waals surface area contributed by atoms with Crippen molar-refractivity contribution < 1.29 is 23.3 Å². The quantitative estimate of drug-likeness (QED) is 0.324. The van der Waals surface area contributed by atoms with Gasteiger partial charge in [-0.25, -0.2) is 27.9 Å². The number of hydrogen-bond acceptors (Lipinski definition) is 8. The second-order valence-corrected chi connectivity index (χ2v) is 9.44. The van der Waals surface area contributed by atoms with Crippen LogP contribution in [0.4, 0.5) is 17.3 Å². The number of aliphatic imine (C=N–C) groups is 1. The highest BCUT2D eigenvalue weighted by molar-refractivity contribution is 9.10. The lowest BCUT2D eigenvalue weighted by Crippen LogP contribution is -2.15. The highest BCUT2D eigenvalue weighted by Gasteiger charge is 2.24. The molecule has 33 heavy (non-hydrogen) atoms. The monoisotopic (exact) mass is 534 g/mol. The molecule has 0 fully saturated rings. The summed E-state index contributed by atoms with van der Waals surface area (Å²) in [6.45, 7) is 3.68. The van der Waals surface area contributed by atoms with Crippen LogP contribution in [0.5, 0.6) is 5.75 Å². The van der Waals surface area contributed by atoms with E-state index in [0.29, 0.717) is 22.3 Å². The molecule has 0 amide bonds. The lowest BCUT2D eigenvalue weighted by atomic mass is 10.2. The number of aromatic nitrogens is 2. The predicted octanol–water partition coefficient (Wildman–Crippen LogP) is 4.34. The Morgan fingerprint density at radius 1 is 1.21 bits per heavy atom. The summed E-state index contributed by atoms with van der Waals surface area (Å²) >= 11 is 3.27. The van der Waals surface area contributed by atoms with Gasteiger partial charge in [0.1, 0.15) is 0 Å². The van der Waals surface area contributed by atoms with E-state index in [0.717, 1.165) is 5.69 Å². The first-order chi connectivity index (χ1) is 15.6. The van der Waals surface area contributed by atoms with Crippen molar-refractivity contribution in [1.82, 2.24) is 9.97 Å². The molecular formula is C21H21BrN5O5S+.